The minimum atomic E-state index is -2.18. The maximum Gasteiger partial charge on any atom is 0.180 e. The fourth-order valence-corrected chi connectivity index (χ4v) is 0.459. The molecular formula is C5H10O6. The molecule has 0 radical (unpaired) electrons. The van der Waals surface area contributed by atoms with Crippen LogP contribution in [0.25, 0.3) is 0 Å². The van der Waals surface area contributed by atoms with Crippen molar-refractivity contribution >= 4 is 6.29 Å². The SMILES string of the molecule is O=C[C@H](O)[C@@H](O)[C@H](O)C(O)O. The van der Waals surface area contributed by atoms with Gasteiger partial charge < -0.3 is 30.3 Å². The molecule has 11 heavy (non-hydrogen) atoms. The van der Waals surface area contributed by atoms with Gasteiger partial charge in [0, 0.05) is 0 Å². The maximum absolute atomic E-state index is 9.79. The van der Waals surface area contributed by atoms with Gasteiger partial charge in [-0.15, -0.1) is 0 Å². The number of aliphatic hydroxyl groups is 5. The van der Waals surface area contributed by atoms with Crippen molar-refractivity contribution in [3.8, 4) is 0 Å². The van der Waals surface area contributed by atoms with E-state index in [1.54, 1.807) is 0 Å². The van der Waals surface area contributed by atoms with E-state index in [0.29, 0.717) is 0 Å². The van der Waals surface area contributed by atoms with Gasteiger partial charge in [0.25, 0.3) is 0 Å². The van der Waals surface area contributed by atoms with Gasteiger partial charge in [-0.25, -0.2) is 0 Å². The highest BCUT2D eigenvalue weighted by Gasteiger charge is 2.28. The minimum absolute atomic E-state index is 0.0176. The Labute approximate surface area is 62.3 Å². The average Bonchev–Trinajstić information content (AvgIpc) is 2.00. The molecule has 0 spiro atoms. The summed E-state index contributed by atoms with van der Waals surface area (Å²) in [5.41, 5.74) is 0. The highest BCUT2D eigenvalue weighted by molar-refractivity contribution is 5.56. The number of aldehydes is 1. The molecule has 66 valence electrons. The molecule has 6 nitrogen and oxygen atoms in total. The van der Waals surface area contributed by atoms with Gasteiger partial charge >= 0.3 is 0 Å². The quantitative estimate of drug-likeness (QED) is 0.219. The highest BCUT2D eigenvalue weighted by atomic mass is 16.5. The van der Waals surface area contributed by atoms with Gasteiger partial charge in [0.1, 0.15) is 18.3 Å². The lowest BCUT2D eigenvalue weighted by Gasteiger charge is -2.20. The molecule has 6 heteroatoms. The van der Waals surface area contributed by atoms with Crippen LogP contribution in [-0.4, -0.2) is 56.4 Å². The Morgan fingerprint density at radius 3 is 1.64 bits per heavy atom. The normalized spacial score (nSPS) is 19.5. The third-order valence-corrected chi connectivity index (χ3v) is 1.14. The van der Waals surface area contributed by atoms with Gasteiger partial charge in [0.2, 0.25) is 0 Å². The average molecular weight is 166 g/mol. The topological polar surface area (TPSA) is 118 Å². The molecule has 0 fully saturated rings. The van der Waals surface area contributed by atoms with E-state index in [1.807, 2.05) is 0 Å². The summed E-state index contributed by atoms with van der Waals surface area (Å²) in [6.45, 7) is 0. The first kappa shape index (κ1) is 10.5. The zero-order chi connectivity index (χ0) is 9.02. The number of aliphatic hydroxyl groups excluding tert-OH is 4. The van der Waals surface area contributed by atoms with Gasteiger partial charge in [0.15, 0.2) is 12.6 Å². The lowest BCUT2D eigenvalue weighted by Crippen LogP contribution is -2.44. The first-order valence-corrected chi connectivity index (χ1v) is 2.86. The van der Waals surface area contributed by atoms with Gasteiger partial charge in [-0.3, -0.25) is 0 Å². The second-order valence-corrected chi connectivity index (χ2v) is 2.02. The monoisotopic (exact) mass is 166 g/mol. The van der Waals surface area contributed by atoms with E-state index in [9.17, 15) is 4.79 Å². The lowest BCUT2D eigenvalue weighted by molar-refractivity contribution is -0.176. The molecule has 0 saturated heterocycles. The summed E-state index contributed by atoms with van der Waals surface area (Å²) in [6.07, 6.45) is -7.84. The Morgan fingerprint density at radius 2 is 1.36 bits per heavy atom. The van der Waals surface area contributed by atoms with Crippen LogP contribution < -0.4 is 0 Å². The molecule has 0 amide bonds. The van der Waals surface area contributed by atoms with E-state index >= 15 is 0 Å². The molecule has 0 saturated carbocycles. The summed E-state index contributed by atoms with van der Waals surface area (Å²) in [5.74, 6) is 0. The van der Waals surface area contributed by atoms with Gasteiger partial charge in [-0.2, -0.15) is 0 Å². The zero-order valence-corrected chi connectivity index (χ0v) is 5.53. The second kappa shape index (κ2) is 4.37. The Balaban J connectivity index is 4.00. The van der Waals surface area contributed by atoms with Crippen LogP contribution in [0.5, 0.6) is 0 Å². The predicted molar refractivity (Wildman–Crippen MR) is 32.3 cm³/mol. The Morgan fingerprint density at radius 1 is 0.909 bits per heavy atom. The molecular weight excluding hydrogens is 156 g/mol. The van der Waals surface area contributed by atoms with E-state index in [-0.39, 0.29) is 6.29 Å². The number of carbonyl (C=O) groups is 1. The lowest BCUT2D eigenvalue weighted by atomic mass is 10.1. The molecule has 0 aromatic rings. The first-order chi connectivity index (χ1) is 5.00. The molecule has 0 bridgehead atoms. The van der Waals surface area contributed by atoms with E-state index < -0.39 is 24.6 Å². The molecule has 0 unspecified atom stereocenters. The number of hydrogen-bond acceptors (Lipinski definition) is 6. The fraction of sp³-hybridized carbons (Fsp3) is 0.800. The summed E-state index contributed by atoms with van der Waals surface area (Å²) < 4.78 is 0. The molecule has 0 heterocycles. The molecule has 0 aliphatic rings. The van der Waals surface area contributed by atoms with Crippen molar-refractivity contribution in [3.63, 3.8) is 0 Å². The summed E-state index contributed by atoms with van der Waals surface area (Å²) in [6, 6.07) is 0. The predicted octanol–water partition coefficient (Wildman–Crippen LogP) is -3.42. The van der Waals surface area contributed by atoms with Crippen LogP contribution in [0, 0.1) is 0 Å². The molecule has 0 aromatic heterocycles. The highest BCUT2D eigenvalue weighted by Crippen LogP contribution is 2.00. The molecule has 5 N–H and O–H groups in total. The number of rotatable bonds is 4. The van der Waals surface area contributed by atoms with E-state index in [4.69, 9.17) is 25.5 Å². The summed E-state index contributed by atoms with van der Waals surface area (Å²) in [4.78, 5) is 9.79. The standard InChI is InChI=1S/C5H10O6/c6-1-2(7)3(8)4(9)5(10)11/h1-5,7-11H/t2-,3+,4-/m0/s1. The van der Waals surface area contributed by atoms with Crippen molar-refractivity contribution in [1.82, 2.24) is 0 Å². The van der Waals surface area contributed by atoms with Crippen LogP contribution in [0.3, 0.4) is 0 Å². The Hall–Kier alpha value is -0.530. The van der Waals surface area contributed by atoms with Crippen molar-refractivity contribution in [3.05, 3.63) is 0 Å². The number of carbonyl (C=O) groups excluding carboxylic acids is 1. The Kier molecular flexibility index (Phi) is 4.16. The maximum atomic E-state index is 9.79. The van der Waals surface area contributed by atoms with Crippen LogP contribution in [0.1, 0.15) is 0 Å². The zero-order valence-electron chi connectivity index (χ0n) is 5.53. The van der Waals surface area contributed by atoms with Gasteiger partial charge in [0.05, 0.1) is 0 Å². The van der Waals surface area contributed by atoms with E-state index in [2.05, 4.69) is 0 Å². The van der Waals surface area contributed by atoms with Crippen LogP contribution in [0.15, 0.2) is 0 Å². The minimum Gasteiger partial charge on any atom is -0.387 e. The first-order valence-electron chi connectivity index (χ1n) is 2.86. The summed E-state index contributed by atoms with van der Waals surface area (Å²) in [7, 11) is 0. The van der Waals surface area contributed by atoms with Crippen molar-refractivity contribution < 1.29 is 30.3 Å². The molecule has 3 atom stereocenters. The van der Waals surface area contributed by atoms with E-state index in [1.165, 1.54) is 0 Å². The van der Waals surface area contributed by atoms with Gasteiger partial charge in [-0.05, 0) is 0 Å². The van der Waals surface area contributed by atoms with Crippen LogP contribution in [0.4, 0.5) is 0 Å². The molecule has 0 aliphatic carbocycles. The van der Waals surface area contributed by atoms with Gasteiger partial charge in [-0.1, -0.05) is 0 Å². The Bertz CT molecular complexity index is 124. The van der Waals surface area contributed by atoms with Crippen molar-refractivity contribution in [2.24, 2.45) is 0 Å². The van der Waals surface area contributed by atoms with Crippen LogP contribution in [0.2, 0.25) is 0 Å². The number of hydrogen-bond donors (Lipinski definition) is 5. The van der Waals surface area contributed by atoms with Crippen molar-refractivity contribution in [2.45, 2.75) is 24.6 Å². The fourth-order valence-electron chi connectivity index (χ4n) is 0.459. The van der Waals surface area contributed by atoms with Crippen LogP contribution in [-0.2, 0) is 4.79 Å². The summed E-state index contributed by atoms with van der Waals surface area (Å²) >= 11 is 0. The van der Waals surface area contributed by atoms with Crippen LogP contribution >= 0.6 is 0 Å². The van der Waals surface area contributed by atoms with Crippen molar-refractivity contribution in [1.29, 1.82) is 0 Å². The second-order valence-electron chi connectivity index (χ2n) is 2.02. The molecule has 0 aliphatic heterocycles. The third kappa shape index (κ3) is 2.91. The molecule has 0 aromatic carbocycles. The largest absolute Gasteiger partial charge is 0.387 e. The summed E-state index contributed by atoms with van der Waals surface area (Å²) in [5, 5.41) is 42.4. The van der Waals surface area contributed by atoms with E-state index in [0.717, 1.165) is 0 Å². The van der Waals surface area contributed by atoms with Crippen molar-refractivity contribution in [2.75, 3.05) is 0 Å². The smallest absolute Gasteiger partial charge is 0.180 e. The third-order valence-electron chi connectivity index (χ3n) is 1.14. The molecule has 0 rings (SSSR count).